The first-order valence-corrected chi connectivity index (χ1v) is 6.60. The van der Waals surface area contributed by atoms with E-state index in [2.05, 4.69) is 5.48 Å². The Balaban J connectivity index is 2.60. The van der Waals surface area contributed by atoms with E-state index < -0.39 is 23.6 Å². The van der Waals surface area contributed by atoms with Crippen molar-refractivity contribution >= 4 is 12.1 Å². The van der Waals surface area contributed by atoms with Gasteiger partial charge in [0.05, 0.1) is 6.61 Å². The number of ether oxygens (including phenoxy) is 1. The molecule has 0 aliphatic rings. The number of hydrogen-bond acceptors (Lipinski definition) is 4. The number of amides is 1. The number of aliphatic carboxylic acids is 1. The van der Waals surface area contributed by atoms with Crippen LogP contribution >= 0.6 is 0 Å². The van der Waals surface area contributed by atoms with E-state index in [0.717, 1.165) is 5.56 Å². The number of benzene rings is 1. The summed E-state index contributed by atoms with van der Waals surface area (Å²) < 4.78 is 4.99. The Bertz CT molecular complexity index is 507. The predicted octanol–water partition coefficient (Wildman–Crippen LogP) is 2.62. The van der Waals surface area contributed by atoms with E-state index in [1.807, 2.05) is 19.1 Å². The molecule has 0 heterocycles. The Kier molecular flexibility index (Phi) is 5.72. The second-order valence-corrected chi connectivity index (χ2v) is 5.66. The summed E-state index contributed by atoms with van der Waals surface area (Å²) >= 11 is 0. The molecule has 0 spiro atoms. The maximum atomic E-state index is 11.4. The van der Waals surface area contributed by atoms with Gasteiger partial charge in [0.1, 0.15) is 11.5 Å². The first kappa shape index (κ1) is 17.0. The van der Waals surface area contributed by atoms with Gasteiger partial charge in [-0.2, -0.15) is 5.48 Å². The average Bonchev–Trinajstić information content (AvgIpc) is 2.33. The molecule has 1 aromatic rings. The van der Waals surface area contributed by atoms with E-state index in [0.29, 0.717) is 5.56 Å². The summed E-state index contributed by atoms with van der Waals surface area (Å²) in [5.74, 6) is -1.88. The van der Waals surface area contributed by atoms with Crippen LogP contribution in [0.4, 0.5) is 4.79 Å². The molecule has 0 aliphatic heterocycles. The van der Waals surface area contributed by atoms with Crippen LogP contribution in [0, 0.1) is 6.92 Å². The summed E-state index contributed by atoms with van der Waals surface area (Å²) in [7, 11) is 0. The number of hydrogen-bond donors (Lipinski definition) is 2. The smallest absolute Gasteiger partial charge is 0.431 e. The third-order valence-corrected chi connectivity index (χ3v) is 2.67. The molecular formula is C15H21NO5. The molecule has 2 N–H and O–H groups in total. The van der Waals surface area contributed by atoms with Crippen LogP contribution in [0.3, 0.4) is 0 Å². The lowest BCUT2D eigenvalue weighted by molar-refractivity contribution is -0.141. The second kappa shape index (κ2) is 7.08. The van der Waals surface area contributed by atoms with Gasteiger partial charge in [0.25, 0.3) is 0 Å². The highest BCUT2D eigenvalue weighted by Crippen LogP contribution is 2.20. The molecule has 0 aromatic heterocycles. The molecular weight excluding hydrogens is 274 g/mol. The van der Waals surface area contributed by atoms with Gasteiger partial charge in [0.2, 0.25) is 0 Å². The molecule has 0 aliphatic carbocycles. The van der Waals surface area contributed by atoms with Gasteiger partial charge in [-0.3, -0.25) is 9.63 Å². The maximum Gasteiger partial charge on any atom is 0.431 e. The zero-order chi connectivity index (χ0) is 16.0. The Morgan fingerprint density at radius 3 is 2.43 bits per heavy atom. The number of hydroxylamine groups is 1. The Morgan fingerprint density at radius 1 is 1.29 bits per heavy atom. The van der Waals surface area contributed by atoms with Gasteiger partial charge in [-0.05, 0) is 38.8 Å². The third kappa shape index (κ3) is 5.83. The number of carboxylic acids is 1. The van der Waals surface area contributed by atoms with Gasteiger partial charge in [0.15, 0.2) is 0 Å². The molecule has 6 nitrogen and oxygen atoms in total. The number of rotatable bonds is 5. The van der Waals surface area contributed by atoms with Crippen LogP contribution in [0.15, 0.2) is 24.3 Å². The fourth-order valence-corrected chi connectivity index (χ4v) is 1.75. The molecule has 116 valence electrons. The van der Waals surface area contributed by atoms with E-state index in [4.69, 9.17) is 9.57 Å². The highest BCUT2D eigenvalue weighted by Gasteiger charge is 2.23. The number of nitrogens with one attached hydrogen (secondary N) is 1. The van der Waals surface area contributed by atoms with Crippen LogP contribution in [0.2, 0.25) is 0 Å². The normalized spacial score (nSPS) is 12.6. The minimum absolute atomic E-state index is 0.181. The van der Waals surface area contributed by atoms with E-state index in [-0.39, 0.29) is 6.61 Å². The molecule has 1 atom stereocenters. The average molecular weight is 295 g/mol. The van der Waals surface area contributed by atoms with E-state index in [9.17, 15) is 14.7 Å². The Morgan fingerprint density at radius 2 is 1.90 bits per heavy atom. The summed E-state index contributed by atoms with van der Waals surface area (Å²) in [6.45, 7) is 6.81. The second-order valence-electron chi connectivity index (χ2n) is 5.66. The molecule has 1 unspecified atom stereocenters. The van der Waals surface area contributed by atoms with Crippen molar-refractivity contribution in [2.75, 3.05) is 6.61 Å². The standard InChI is InChI=1S/C15H21NO5/c1-10-7-5-6-8-11(10)12(13(17)18)9-20-16-14(19)21-15(2,3)4/h5-8,12H,9H2,1-4H3,(H,16,19)(H,17,18). The molecule has 0 fully saturated rings. The minimum atomic E-state index is -1.02. The van der Waals surface area contributed by atoms with Crippen molar-refractivity contribution in [3.05, 3.63) is 35.4 Å². The molecule has 0 bridgehead atoms. The highest BCUT2D eigenvalue weighted by atomic mass is 16.7. The maximum absolute atomic E-state index is 11.4. The van der Waals surface area contributed by atoms with E-state index in [1.54, 1.807) is 32.9 Å². The lowest BCUT2D eigenvalue weighted by Crippen LogP contribution is -2.34. The number of carboxylic acid groups (broad SMARTS) is 1. The van der Waals surface area contributed by atoms with Crippen molar-refractivity contribution in [3.63, 3.8) is 0 Å². The van der Waals surface area contributed by atoms with Crippen molar-refractivity contribution < 1.29 is 24.3 Å². The van der Waals surface area contributed by atoms with Crippen LogP contribution in [0.1, 0.15) is 37.8 Å². The van der Waals surface area contributed by atoms with Crippen LogP contribution in [0.25, 0.3) is 0 Å². The van der Waals surface area contributed by atoms with Crippen LogP contribution in [0.5, 0.6) is 0 Å². The van der Waals surface area contributed by atoms with Crippen molar-refractivity contribution in [2.45, 2.75) is 39.2 Å². The topological polar surface area (TPSA) is 84.9 Å². The van der Waals surface area contributed by atoms with Gasteiger partial charge in [-0.15, -0.1) is 0 Å². The van der Waals surface area contributed by atoms with E-state index in [1.165, 1.54) is 0 Å². The first-order chi connectivity index (χ1) is 9.70. The van der Waals surface area contributed by atoms with Gasteiger partial charge < -0.3 is 9.84 Å². The van der Waals surface area contributed by atoms with Crippen molar-refractivity contribution in [1.29, 1.82) is 0 Å². The molecule has 0 radical (unpaired) electrons. The molecule has 6 heteroatoms. The number of aryl methyl sites for hydroxylation is 1. The summed E-state index contributed by atoms with van der Waals surface area (Å²) in [5.41, 5.74) is 2.95. The molecule has 1 rings (SSSR count). The van der Waals surface area contributed by atoms with Crippen LogP contribution in [-0.4, -0.2) is 29.4 Å². The number of carbonyl (C=O) groups is 2. The van der Waals surface area contributed by atoms with Gasteiger partial charge in [0, 0.05) is 0 Å². The fraction of sp³-hybridized carbons (Fsp3) is 0.467. The van der Waals surface area contributed by atoms with Crippen molar-refractivity contribution in [3.8, 4) is 0 Å². The zero-order valence-corrected chi connectivity index (χ0v) is 12.7. The zero-order valence-electron chi connectivity index (χ0n) is 12.7. The van der Waals surface area contributed by atoms with Crippen LogP contribution in [-0.2, 0) is 14.4 Å². The van der Waals surface area contributed by atoms with Gasteiger partial charge in [-0.1, -0.05) is 24.3 Å². The van der Waals surface area contributed by atoms with Crippen molar-refractivity contribution in [2.24, 2.45) is 0 Å². The molecule has 0 saturated heterocycles. The molecule has 0 saturated carbocycles. The highest BCUT2D eigenvalue weighted by molar-refractivity contribution is 5.76. The fourth-order valence-electron chi connectivity index (χ4n) is 1.75. The molecule has 1 amide bonds. The Hall–Kier alpha value is -2.08. The SMILES string of the molecule is Cc1ccccc1C(CONC(=O)OC(C)(C)C)C(=O)O. The summed E-state index contributed by atoms with van der Waals surface area (Å²) in [6, 6.07) is 7.15. The predicted molar refractivity (Wildman–Crippen MR) is 76.9 cm³/mol. The van der Waals surface area contributed by atoms with Crippen molar-refractivity contribution in [1.82, 2.24) is 5.48 Å². The summed E-state index contributed by atoms with van der Waals surface area (Å²) in [5, 5.41) is 9.28. The first-order valence-electron chi connectivity index (χ1n) is 6.60. The largest absolute Gasteiger partial charge is 0.481 e. The Labute approximate surface area is 124 Å². The minimum Gasteiger partial charge on any atom is -0.481 e. The quantitative estimate of drug-likeness (QED) is 0.816. The lowest BCUT2D eigenvalue weighted by Gasteiger charge is -2.20. The van der Waals surface area contributed by atoms with Gasteiger partial charge in [-0.25, -0.2) is 4.79 Å². The number of carbonyl (C=O) groups excluding carboxylic acids is 1. The third-order valence-electron chi connectivity index (χ3n) is 2.67. The van der Waals surface area contributed by atoms with Crippen LogP contribution < -0.4 is 5.48 Å². The molecule has 21 heavy (non-hydrogen) atoms. The monoisotopic (exact) mass is 295 g/mol. The lowest BCUT2D eigenvalue weighted by atomic mass is 9.96. The van der Waals surface area contributed by atoms with E-state index >= 15 is 0 Å². The molecule has 1 aromatic carbocycles. The summed E-state index contributed by atoms with van der Waals surface area (Å²) in [4.78, 5) is 27.7. The van der Waals surface area contributed by atoms with Gasteiger partial charge >= 0.3 is 12.1 Å². The summed E-state index contributed by atoms with van der Waals surface area (Å²) in [6.07, 6.45) is -0.753.